The van der Waals surface area contributed by atoms with Crippen LogP contribution in [-0.2, 0) is 6.42 Å². The van der Waals surface area contributed by atoms with Gasteiger partial charge >= 0.3 is 0 Å². The first kappa shape index (κ1) is 13.7. The van der Waals surface area contributed by atoms with Crippen LogP contribution in [0.1, 0.15) is 28.8 Å². The minimum absolute atomic E-state index is 0.00469. The van der Waals surface area contributed by atoms with Gasteiger partial charge in [0, 0.05) is 23.8 Å². The molecule has 0 aliphatic carbocycles. The highest BCUT2D eigenvalue weighted by Crippen LogP contribution is 2.23. The van der Waals surface area contributed by atoms with Gasteiger partial charge in [-0.15, -0.1) is 0 Å². The van der Waals surface area contributed by atoms with Crippen LogP contribution in [-0.4, -0.2) is 18.5 Å². The SMILES string of the molecule is O=C(NCC1CCCc2ccccc2N1)c1ccccc1. The molecule has 2 aromatic rings. The fourth-order valence-corrected chi connectivity index (χ4v) is 2.77. The number of fused-ring (bicyclic) bond motifs is 1. The second kappa shape index (κ2) is 6.44. The van der Waals surface area contributed by atoms with Gasteiger partial charge in [0.2, 0.25) is 0 Å². The fraction of sp³-hybridized carbons (Fsp3) is 0.278. The Morgan fingerprint density at radius 1 is 1.10 bits per heavy atom. The normalized spacial score (nSPS) is 17.2. The Hall–Kier alpha value is -2.29. The number of hydrogen-bond acceptors (Lipinski definition) is 2. The molecule has 0 saturated carbocycles. The lowest BCUT2D eigenvalue weighted by molar-refractivity contribution is 0.0951. The van der Waals surface area contributed by atoms with E-state index in [0.717, 1.165) is 19.3 Å². The van der Waals surface area contributed by atoms with Crippen molar-refractivity contribution in [1.82, 2.24) is 5.32 Å². The third-order valence-electron chi connectivity index (χ3n) is 3.92. The van der Waals surface area contributed by atoms with E-state index >= 15 is 0 Å². The van der Waals surface area contributed by atoms with Crippen LogP contribution in [0.4, 0.5) is 5.69 Å². The molecule has 3 heteroatoms. The van der Waals surface area contributed by atoms with Crippen molar-refractivity contribution < 1.29 is 4.79 Å². The highest BCUT2D eigenvalue weighted by atomic mass is 16.1. The summed E-state index contributed by atoms with van der Waals surface area (Å²) in [6.07, 6.45) is 3.33. The fourth-order valence-electron chi connectivity index (χ4n) is 2.77. The van der Waals surface area contributed by atoms with Crippen molar-refractivity contribution in [2.24, 2.45) is 0 Å². The standard InChI is InChI=1S/C18H20N2O/c21-18(15-8-2-1-3-9-15)19-13-16-11-6-10-14-7-4-5-12-17(14)20-16/h1-5,7-9,12,16,20H,6,10-11,13H2,(H,19,21). The minimum Gasteiger partial charge on any atom is -0.380 e. The Bertz CT molecular complexity index is 610. The van der Waals surface area contributed by atoms with Crippen LogP contribution < -0.4 is 10.6 Å². The van der Waals surface area contributed by atoms with Gasteiger partial charge in [-0.05, 0) is 43.0 Å². The largest absolute Gasteiger partial charge is 0.380 e. The Labute approximate surface area is 125 Å². The van der Waals surface area contributed by atoms with Crippen LogP contribution in [0.2, 0.25) is 0 Å². The average Bonchev–Trinajstić information content (AvgIpc) is 2.75. The molecule has 108 valence electrons. The van der Waals surface area contributed by atoms with Crippen LogP contribution in [0.25, 0.3) is 0 Å². The van der Waals surface area contributed by atoms with E-state index in [1.165, 1.54) is 11.3 Å². The predicted octanol–water partition coefficient (Wildman–Crippen LogP) is 3.23. The molecule has 0 saturated heterocycles. The molecule has 1 aliphatic heterocycles. The Balaban J connectivity index is 1.60. The number of benzene rings is 2. The number of hydrogen-bond donors (Lipinski definition) is 2. The molecule has 1 heterocycles. The minimum atomic E-state index is -0.00469. The molecule has 21 heavy (non-hydrogen) atoms. The van der Waals surface area contributed by atoms with Crippen molar-refractivity contribution in [3.63, 3.8) is 0 Å². The van der Waals surface area contributed by atoms with Crippen molar-refractivity contribution in [3.05, 3.63) is 65.7 Å². The second-order valence-electron chi connectivity index (χ2n) is 5.47. The first-order valence-corrected chi connectivity index (χ1v) is 7.50. The number of amides is 1. The summed E-state index contributed by atoms with van der Waals surface area (Å²) in [5.41, 5.74) is 3.29. The van der Waals surface area contributed by atoms with Crippen LogP contribution >= 0.6 is 0 Å². The number of carbonyl (C=O) groups is 1. The molecule has 0 aromatic heterocycles. The van der Waals surface area contributed by atoms with Crippen LogP contribution in [0.5, 0.6) is 0 Å². The van der Waals surface area contributed by atoms with E-state index in [4.69, 9.17) is 0 Å². The van der Waals surface area contributed by atoms with Gasteiger partial charge in [0.15, 0.2) is 0 Å². The number of nitrogens with one attached hydrogen (secondary N) is 2. The molecular weight excluding hydrogens is 260 g/mol. The molecule has 0 radical (unpaired) electrons. The summed E-state index contributed by atoms with van der Waals surface area (Å²) in [6, 6.07) is 18.1. The molecule has 2 N–H and O–H groups in total. The van der Waals surface area contributed by atoms with Crippen molar-refractivity contribution in [2.75, 3.05) is 11.9 Å². The number of aryl methyl sites for hydroxylation is 1. The maximum absolute atomic E-state index is 12.1. The molecular formula is C18H20N2O. The third-order valence-corrected chi connectivity index (χ3v) is 3.92. The van der Waals surface area contributed by atoms with E-state index in [2.05, 4.69) is 34.9 Å². The summed E-state index contributed by atoms with van der Waals surface area (Å²) in [5, 5.41) is 6.58. The molecule has 2 aromatic carbocycles. The van der Waals surface area contributed by atoms with Gasteiger partial charge in [-0.1, -0.05) is 36.4 Å². The number of carbonyl (C=O) groups excluding carboxylic acids is 1. The van der Waals surface area contributed by atoms with E-state index < -0.39 is 0 Å². The Morgan fingerprint density at radius 2 is 1.86 bits per heavy atom. The van der Waals surface area contributed by atoms with Crippen molar-refractivity contribution >= 4 is 11.6 Å². The molecule has 0 bridgehead atoms. The van der Waals surface area contributed by atoms with Gasteiger partial charge in [0.05, 0.1) is 0 Å². The number of rotatable bonds is 3. The quantitative estimate of drug-likeness (QED) is 0.906. The monoisotopic (exact) mass is 280 g/mol. The lowest BCUT2D eigenvalue weighted by atomic mass is 10.1. The second-order valence-corrected chi connectivity index (χ2v) is 5.47. The average molecular weight is 280 g/mol. The zero-order valence-electron chi connectivity index (χ0n) is 12.0. The van der Waals surface area contributed by atoms with Gasteiger partial charge in [0.25, 0.3) is 5.91 Å². The molecule has 1 unspecified atom stereocenters. The summed E-state index contributed by atoms with van der Waals surface area (Å²) in [6.45, 7) is 0.655. The van der Waals surface area contributed by atoms with Crippen molar-refractivity contribution in [3.8, 4) is 0 Å². The smallest absolute Gasteiger partial charge is 0.251 e. The van der Waals surface area contributed by atoms with E-state index in [-0.39, 0.29) is 5.91 Å². The Morgan fingerprint density at radius 3 is 2.71 bits per heavy atom. The summed E-state index contributed by atoms with van der Waals surface area (Å²) >= 11 is 0. The molecule has 0 fully saturated rings. The highest BCUT2D eigenvalue weighted by molar-refractivity contribution is 5.94. The van der Waals surface area contributed by atoms with Crippen molar-refractivity contribution in [2.45, 2.75) is 25.3 Å². The van der Waals surface area contributed by atoms with Gasteiger partial charge in [-0.25, -0.2) is 0 Å². The van der Waals surface area contributed by atoms with E-state index in [1.807, 2.05) is 30.3 Å². The van der Waals surface area contributed by atoms with E-state index in [0.29, 0.717) is 18.2 Å². The van der Waals surface area contributed by atoms with Crippen LogP contribution in [0.3, 0.4) is 0 Å². The zero-order chi connectivity index (χ0) is 14.5. The van der Waals surface area contributed by atoms with Crippen molar-refractivity contribution in [1.29, 1.82) is 0 Å². The van der Waals surface area contributed by atoms with Gasteiger partial charge < -0.3 is 10.6 Å². The summed E-state index contributed by atoms with van der Waals surface area (Å²) in [5.74, 6) is -0.00469. The lowest BCUT2D eigenvalue weighted by Crippen LogP contribution is -2.36. The third kappa shape index (κ3) is 3.43. The first-order valence-electron chi connectivity index (χ1n) is 7.50. The topological polar surface area (TPSA) is 41.1 Å². The summed E-state index contributed by atoms with van der Waals surface area (Å²) in [7, 11) is 0. The maximum atomic E-state index is 12.1. The molecule has 3 rings (SSSR count). The van der Waals surface area contributed by atoms with Crippen LogP contribution in [0.15, 0.2) is 54.6 Å². The predicted molar refractivity (Wildman–Crippen MR) is 85.6 cm³/mol. The van der Waals surface area contributed by atoms with E-state index in [9.17, 15) is 4.79 Å². The first-order chi connectivity index (χ1) is 10.3. The molecule has 0 spiro atoms. The van der Waals surface area contributed by atoms with Gasteiger partial charge in [-0.3, -0.25) is 4.79 Å². The number of para-hydroxylation sites is 1. The Kier molecular flexibility index (Phi) is 4.20. The molecule has 3 nitrogen and oxygen atoms in total. The van der Waals surface area contributed by atoms with E-state index in [1.54, 1.807) is 0 Å². The molecule has 1 aliphatic rings. The summed E-state index contributed by atoms with van der Waals surface area (Å²) in [4.78, 5) is 12.1. The van der Waals surface area contributed by atoms with Gasteiger partial charge in [-0.2, -0.15) is 0 Å². The number of anilines is 1. The summed E-state index contributed by atoms with van der Waals surface area (Å²) < 4.78 is 0. The maximum Gasteiger partial charge on any atom is 0.251 e. The molecule has 1 amide bonds. The lowest BCUT2D eigenvalue weighted by Gasteiger charge is -2.18. The van der Waals surface area contributed by atoms with Crippen LogP contribution in [0, 0.1) is 0 Å². The highest BCUT2D eigenvalue weighted by Gasteiger charge is 2.16. The van der Waals surface area contributed by atoms with Gasteiger partial charge in [0.1, 0.15) is 0 Å². The zero-order valence-corrected chi connectivity index (χ0v) is 12.0. The molecule has 1 atom stereocenters.